The molecule has 5 nitrogen and oxygen atoms in total. The number of nitrogen functional groups attached to an aromatic ring is 1. The predicted octanol–water partition coefficient (Wildman–Crippen LogP) is 3.93. The van der Waals surface area contributed by atoms with Crippen LogP contribution in [0.1, 0.15) is 5.69 Å². The van der Waals surface area contributed by atoms with E-state index in [1.807, 2.05) is 55.1 Å². The lowest BCUT2D eigenvalue weighted by Crippen LogP contribution is -1.93. The first-order chi connectivity index (χ1) is 10.5. The number of nitrogens with zero attached hydrogens (tertiary/aromatic N) is 3. The zero-order valence-electron chi connectivity index (χ0n) is 12.2. The third-order valence-electron chi connectivity index (χ3n) is 3.26. The molecule has 3 rings (SSSR count). The smallest absolute Gasteiger partial charge is 0.322 e. The van der Waals surface area contributed by atoms with E-state index in [0.29, 0.717) is 11.8 Å². The van der Waals surface area contributed by atoms with Gasteiger partial charge in [0, 0.05) is 30.7 Å². The number of rotatable bonds is 3. The molecule has 0 saturated heterocycles. The van der Waals surface area contributed by atoms with E-state index in [1.54, 1.807) is 6.20 Å². The first-order valence-corrected chi connectivity index (χ1v) is 7.52. The fraction of sp³-hybridized carbons (Fsp3) is 0.125. The van der Waals surface area contributed by atoms with Crippen LogP contribution >= 0.6 is 15.9 Å². The largest absolute Gasteiger partial charge is 0.424 e. The number of nitrogens with two attached hydrogens (primary N) is 1. The molecule has 0 atom stereocenters. The van der Waals surface area contributed by atoms with Gasteiger partial charge in [0.25, 0.3) is 0 Å². The lowest BCUT2D eigenvalue weighted by molar-refractivity contribution is 0.440. The maximum absolute atomic E-state index is 6.05. The SMILES string of the molecule is Cc1ccnc(Oc2ccc(-c3c(N)cn(C)c3Br)cc2)n1. The summed E-state index contributed by atoms with van der Waals surface area (Å²) in [7, 11) is 1.94. The van der Waals surface area contributed by atoms with Crippen molar-refractivity contribution >= 4 is 21.6 Å². The van der Waals surface area contributed by atoms with Crippen molar-refractivity contribution in [3.8, 4) is 22.9 Å². The summed E-state index contributed by atoms with van der Waals surface area (Å²) in [6.45, 7) is 1.90. The van der Waals surface area contributed by atoms with E-state index in [-0.39, 0.29) is 0 Å². The Morgan fingerprint density at radius 2 is 1.91 bits per heavy atom. The van der Waals surface area contributed by atoms with Gasteiger partial charge >= 0.3 is 6.01 Å². The normalized spacial score (nSPS) is 10.7. The topological polar surface area (TPSA) is 66.0 Å². The van der Waals surface area contributed by atoms with Crippen LogP contribution in [0.25, 0.3) is 11.1 Å². The van der Waals surface area contributed by atoms with E-state index in [4.69, 9.17) is 10.5 Å². The van der Waals surface area contributed by atoms with Gasteiger partial charge < -0.3 is 15.0 Å². The summed E-state index contributed by atoms with van der Waals surface area (Å²) < 4.78 is 8.53. The molecule has 0 unspecified atom stereocenters. The lowest BCUT2D eigenvalue weighted by Gasteiger charge is -2.06. The third kappa shape index (κ3) is 2.82. The molecule has 3 aromatic rings. The van der Waals surface area contributed by atoms with Gasteiger partial charge in [0.05, 0.1) is 10.3 Å². The second-order valence-electron chi connectivity index (χ2n) is 4.97. The van der Waals surface area contributed by atoms with E-state index in [0.717, 1.165) is 27.1 Å². The van der Waals surface area contributed by atoms with E-state index in [9.17, 15) is 0 Å². The predicted molar refractivity (Wildman–Crippen MR) is 89.8 cm³/mol. The Balaban J connectivity index is 1.87. The molecule has 0 aliphatic rings. The molecule has 0 spiro atoms. The van der Waals surface area contributed by atoms with Gasteiger partial charge in [-0.3, -0.25) is 0 Å². The summed E-state index contributed by atoms with van der Waals surface area (Å²) in [5.74, 6) is 0.681. The van der Waals surface area contributed by atoms with Crippen LogP contribution in [0.4, 0.5) is 5.69 Å². The molecule has 6 heteroatoms. The number of ether oxygens (including phenoxy) is 1. The molecule has 0 fully saturated rings. The number of hydrogen-bond donors (Lipinski definition) is 1. The second kappa shape index (κ2) is 5.81. The van der Waals surface area contributed by atoms with E-state index in [1.165, 1.54) is 0 Å². The number of aromatic nitrogens is 3. The Morgan fingerprint density at radius 3 is 2.50 bits per heavy atom. The molecular weight excluding hydrogens is 344 g/mol. The number of hydrogen-bond acceptors (Lipinski definition) is 4. The molecule has 0 amide bonds. The molecule has 0 radical (unpaired) electrons. The van der Waals surface area contributed by atoms with Crippen LogP contribution in [0.15, 0.2) is 47.3 Å². The van der Waals surface area contributed by atoms with Crippen LogP contribution in [0.3, 0.4) is 0 Å². The van der Waals surface area contributed by atoms with Gasteiger partial charge in [-0.15, -0.1) is 0 Å². The summed E-state index contributed by atoms with van der Waals surface area (Å²) in [4.78, 5) is 8.30. The second-order valence-corrected chi connectivity index (χ2v) is 5.72. The molecule has 2 aromatic heterocycles. The first-order valence-electron chi connectivity index (χ1n) is 6.73. The fourth-order valence-corrected chi connectivity index (χ4v) is 2.74. The Morgan fingerprint density at radius 1 is 1.18 bits per heavy atom. The van der Waals surface area contributed by atoms with Crippen molar-refractivity contribution in [2.75, 3.05) is 5.73 Å². The highest BCUT2D eigenvalue weighted by molar-refractivity contribution is 9.10. The fourth-order valence-electron chi connectivity index (χ4n) is 2.18. The van der Waals surface area contributed by atoms with Gasteiger partial charge in [-0.2, -0.15) is 0 Å². The van der Waals surface area contributed by atoms with Gasteiger partial charge in [0.1, 0.15) is 5.75 Å². The van der Waals surface area contributed by atoms with Crippen molar-refractivity contribution in [2.45, 2.75) is 6.92 Å². The molecule has 22 heavy (non-hydrogen) atoms. The highest BCUT2D eigenvalue weighted by Gasteiger charge is 2.12. The van der Waals surface area contributed by atoms with Crippen LogP contribution in [0, 0.1) is 6.92 Å². The minimum absolute atomic E-state index is 0.341. The minimum Gasteiger partial charge on any atom is -0.424 e. The van der Waals surface area contributed by atoms with Crippen LogP contribution in [0.2, 0.25) is 0 Å². The Kier molecular flexibility index (Phi) is 3.85. The minimum atomic E-state index is 0.341. The van der Waals surface area contributed by atoms with Gasteiger partial charge in [-0.1, -0.05) is 12.1 Å². The van der Waals surface area contributed by atoms with Crippen LogP contribution < -0.4 is 10.5 Å². The summed E-state index contributed by atoms with van der Waals surface area (Å²) in [5.41, 5.74) is 9.63. The van der Waals surface area contributed by atoms with E-state index >= 15 is 0 Å². The quantitative estimate of drug-likeness (QED) is 0.770. The van der Waals surface area contributed by atoms with Gasteiger partial charge in [-0.05, 0) is 46.6 Å². The maximum Gasteiger partial charge on any atom is 0.322 e. The highest BCUT2D eigenvalue weighted by Crippen LogP contribution is 2.35. The molecule has 0 saturated carbocycles. The molecular formula is C16H15BrN4O. The first kappa shape index (κ1) is 14.6. The van der Waals surface area contributed by atoms with Crippen LogP contribution in [-0.4, -0.2) is 14.5 Å². The standard InChI is InChI=1S/C16H15BrN4O/c1-10-7-8-19-16(20-10)22-12-5-3-11(4-6-12)14-13(18)9-21(2)15(14)17/h3-9H,18H2,1-2H3. The van der Waals surface area contributed by atoms with Gasteiger partial charge in [0.15, 0.2) is 0 Å². The number of aryl methyl sites for hydroxylation is 2. The van der Waals surface area contributed by atoms with Gasteiger partial charge in [-0.25, -0.2) is 9.97 Å². The van der Waals surface area contributed by atoms with E-state index in [2.05, 4.69) is 25.9 Å². The molecule has 112 valence electrons. The molecule has 2 heterocycles. The zero-order valence-corrected chi connectivity index (χ0v) is 13.8. The maximum atomic E-state index is 6.05. The van der Waals surface area contributed by atoms with Crippen molar-refractivity contribution in [1.29, 1.82) is 0 Å². The van der Waals surface area contributed by atoms with Crippen molar-refractivity contribution in [2.24, 2.45) is 7.05 Å². The number of benzene rings is 1. The third-order valence-corrected chi connectivity index (χ3v) is 4.22. The Labute approximate surface area is 136 Å². The Bertz CT molecular complexity index is 812. The molecule has 0 bridgehead atoms. The summed E-state index contributed by atoms with van der Waals surface area (Å²) in [6.07, 6.45) is 3.55. The van der Waals surface area contributed by atoms with Crippen molar-refractivity contribution in [1.82, 2.24) is 14.5 Å². The lowest BCUT2D eigenvalue weighted by atomic mass is 10.1. The highest BCUT2D eigenvalue weighted by atomic mass is 79.9. The van der Waals surface area contributed by atoms with E-state index < -0.39 is 0 Å². The van der Waals surface area contributed by atoms with Crippen LogP contribution in [0.5, 0.6) is 11.8 Å². The molecule has 1 aromatic carbocycles. The van der Waals surface area contributed by atoms with Crippen molar-refractivity contribution in [3.63, 3.8) is 0 Å². The van der Waals surface area contributed by atoms with Gasteiger partial charge in [0.2, 0.25) is 0 Å². The van der Waals surface area contributed by atoms with Crippen molar-refractivity contribution < 1.29 is 4.74 Å². The zero-order chi connectivity index (χ0) is 15.7. The Hall–Kier alpha value is -2.34. The molecule has 2 N–H and O–H groups in total. The summed E-state index contributed by atoms with van der Waals surface area (Å²) >= 11 is 3.55. The number of halogens is 1. The molecule has 0 aliphatic carbocycles. The average Bonchev–Trinajstić information content (AvgIpc) is 2.73. The van der Waals surface area contributed by atoms with Crippen molar-refractivity contribution in [3.05, 3.63) is 53.0 Å². The monoisotopic (exact) mass is 358 g/mol. The average molecular weight is 359 g/mol. The van der Waals surface area contributed by atoms with Crippen LogP contribution in [-0.2, 0) is 7.05 Å². The molecule has 0 aliphatic heterocycles. The number of anilines is 1. The summed E-state index contributed by atoms with van der Waals surface area (Å²) in [6, 6.07) is 9.84. The summed E-state index contributed by atoms with van der Waals surface area (Å²) in [5, 5.41) is 0.